The van der Waals surface area contributed by atoms with E-state index in [0.29, 0.717) is 17.8 Å². The Morgan fingerprint density at radius 2 is 1.69 bits per heavy atom. The van der Waals surface area contributed by atoms with Gasteiger partial charge in [0.1, 0.15) is 5.82 Å². The third-order valence-electron chi connectivity index (χ3n) is 4.78. The number of amides is 3. The standard InChI is InChI=1S/C22H26FN3O2S/c23-17-8-12-20(13-9-17)29-15-3-14-24-22(28)26-19-10-6-16(7-11-19)21(27)25-18-4-1-2-5-18/h6-13,18H,1-5,14-15H2,(H,25,27)(H2,24,26,28). The highest BCUT2D eigenvalue weighted by molar-refractivity contribution is 7.99. The minimum absolute atomic E-state index is 0.0634. The van der Waals surface area contributed by atoms with Gasteiger partial charge in [-0.2, -0.15) is 0 Å². The Bertz CT molecular complexity index is 806. The molecular weight excluding hydrogens is 389 g/mol. The molecule has 0 bridgehead atoms. The lowest BCUT2D eigenvalue weighted by Crippen LogP contribution is -2.32. The van der Waals surface area contributed by atoms with Crippen molar-refractivity contribution in [2.45, 2.75) is 43.0 Å². The first-order valence-corrected chi connectivity index (χ1v) is 10.9. The maximum absolute atomic E-state index is 12.9. The summed E-state index contributed by atoms with van der Waals surface area (Å²) in [6.45, 7) is 0.544. The van der Waals surface area contributed by atoms with Crippen molar-refractivity contribution in [2.24, 2.45) is 0 Å². The smallest absolute Gasteiger partial charge is 0.319 e. The van der Waals surface area contributed by atoms with Crippen LogP contribution in [0.15, 0.2) is 53.4 Å². The monoisotopic (exact) mass is 415 g/mol. The summed E-state index contributed by atoms with van der Waals surface area (Å²) in [5.41, 5.74) is 1.24. The molecule has 0 atom stereocenters. The predicted molar refractivity (Wildman–Crippen MR) is 115 cm³/mol. The fourth-order valence-electron chi connectivity index (χ4n) is 3.21. The molecule has 3 N–H and O–H groups in total. The van der Waals surface area contributed by atoms with Crippen molar-refractivity contribution in [3.63, 3.8) is 0 Å². The van der Waals surface area contributed by atoms with Crippen LogP contribution in [0.25, 0.3) is 0 Å². The van der Waals surface area contributed by atoms with Crippen molar-refractivity contribution in [2.75, 3.05) is 17.6 Å². The largest absolute Gasteiger partial charge is 0.349 e. The van der Waals surface area contributed by atoms with Gasteiger partial charge >= 0.3 is 6.03 Å². The third kappa shape index (κ3) is 7.09. The maximum Gasteiger partial charge on any atom is 0.319 e. The Hall–Kier alpha value is -2.54. The lowest BCUT2D eigenvalue weighted by Gasteiger charge is -2.12. The second-order valence-corrected chi connectivity index (χ2v) is 8.24. The molecular formula is C22H26FN3O2S. The van der Waals surface area contributed by atoms with Gasteiger partial charge in [-0.3, -0.25) is 4.79 Å². The first-order valence-electron chi connectivity index (χ1n) is 9.94. The second kappa shape index (κ2) is 10.9. The number of thioether (sulfide) groups is 1. The Morgan fingerprint density at radius 3 is 2.38 bits per heavy atom. The molecule has 154 valence electrons. The molecule has 2 aromatic carbocycles. The van der Waals surface area contributed by atoms with E-state index >= 15 is 0 Å². The summed E-state index contributed by atoms with van der Waals surface area (Å²) in [7, 11) is 0. The van der Waals surface area contributed by atoms with Gasteiger partial charge in [0.25, 0.3) is 5.91 Å². The quantitative estimate of drug-likeness (QED) is 0.428. The molecule has 0 saturated heterocycles. The molecule has 0 heterocycles. The minimum Gasteiger partial charge on any atom is -0.349 e. The second-order valence-electron chi connectivity index (χ2n) is 7.07. The topological polar surface area (TPSA) is 70.2 Å². The van der Waals surface area contributed by atoms with Crippen molar-refractivity contribution < 1.29 is 14.0 Å². The van der Waals surface area contributed by atoms with E-state index in [1.54, 1.807) is 48.2 Å². The Balaban J connectivity index is 1.33. The van der Waals surface area contributed by atoms with E-state index in [0.717, 1.165) is 29.9 Å². The molecule has 3 rings (SSSR count). The van der Waals surface area contributed by atoms with Crippen molar-refractivity contribution >= 4 is 29.4 Å². The summed E-state index contributed by atoms with van der Waals surface area (Å²) in [4.78, 5) is 25.2. The predicted octanol–water partition coefficient (Wildman–Crippen LogP) is 4.80. The van der Waals surface area contributed by atoms with Crippen molar-refractivity contribution in [1.29, 1.82) is 0 Å². The molecule has 0 spiro atoms. The lowest BCUT2D eigenvalue weighted by molar-refractivity contribution is 0.0938. The lowest BCUT2D eigenvalue weighted by atomic mass is 10.1. The van der Waals surface area contributed by atoms with Gasteiger partial charge in [0, 0.05) is 28.7 Å². The SMILES string of the molecule is O=C(NCCCSc1ccc(F)cc1)Nc1ccc(C(=O)NC2CCCC2)cc1. The van der Waals surface area contributed by atoms with Crippen LogP contribution in [0, 0.1) is 5.82 Å². The van der Waals surface area contributed by atoms with Crippen molar-refractivity contribution in [1.82, 2.24) is 10.6 Å². The van der Waals surface area contributed by atoms with E-state index in [4.69, 9.17) is 0 Å². The Labute approximate surface area is 174 Å². The zero-order valence-corrected chi connectivity index (χ0v) is 17.1. The summed E-state index contributed by atoms with van der Waals surface area (Å²) in [5.74, 6) is 0.526. The molecule has 0 unspecified atom stereocenters. The van der Waals surface area contributed by atoms with E-state index < -0.39 is 0 Å². The number of rotatable bonds is 8. The highest BCUT2D eigenvalue weighted by Gasteiger charge is 2.17. The van der Waals surface area contributed by atoms with Crippen LogP contribution in [0.5, 0.6) is 0 Å². The van der Waals surface area contributed by atoms with Crippen LogP contribution in [0.4, 0.5) is 14.9 Å². The molecule has 0 aromatic heterocycles. The molecule has 0 radical (unpaired) electrons. The van der Waals surface area contributed by atoms with Gasteiger partial charge in [0.05, 0.1) is 0 Å². The first-order chi connectivity index (χ1) is 14.1. The normalized spacial score (nSPS) is 13.8. The van der Waals surface area contributed by atoms with Crippen LogP contribution in [-0.4, -0.2) is 30.3 Å². The third-order valence-corrected chi connectivity index (χ3v) is 5.88. The number of benzene rings is 2. The average molecular weight is 416 g/mol. The van der Waals surface area contributed by atoms with E-state index in [1.165, 1.54) is 25.0 Å². The fraction of sp³-hybridized carbons (Fsp3) is 0.364. The van der Waals surface area contributed by atoms with E-state index in [2.05, 4.69) is 16.0 Å². The molecule has 2 aromatic rings. The van der Waals surface area contributed by atoms with Crippen LogP contribution in [0.1, 0.15) is 42.5 Å². The molecule has 1 fully saturated rings. The number of hydrogen-bond donors (Lipinski definition) is 3. The highest BCUT2D eigenvalue weighted by atomic mass is 32.2. The number of anilines is 1. The van der Waals surface area contributed by atoms with Gasteiger partial charge in [0.2, 0.25) is 0 Å². The van der Waals surface area contributed by atoms with Gasteiger partial charge in [0.15, 0.2) is 0 Å². The molecule has 29 heavy (non-hydrogen) atoms. The number of nitrogens with one attached hydrogen (secondary N) is 3. The van der Waals surface area contributed by atoms with E-state index in [9.17, 15) is 14.0 Å². The van der Waals surface area contributed by atoms with E-state index in [1.807, 2.05) is 0 Å². The summed E-state index contributed by atoms with van der Waals surface area (Å²) in [6.07, 6.45) is 5.25. The molecule has 1 saturated carbocycles. The summed E-state index contributed by atoms with van der Waals surface area (Å²) < 4.78 is 12.9. The fourth-order valence-corrected chi connectivity index (χ4v) is 4.07. The molecule has 5 nitrogen and oxygen atoms in total. The Morgan fingerprint density at radius 1 is 1.00 bits per heavy atom. The van der Waals surface area contributed by atoms with Crippen LogP contribution in [0.2, 0.25) is 0 Å². The average Bonchev–Trinajstić information content (AvgIpc) is 3.22. The van der Waals surface area contributed by atoms with Gasteiger partial charge in [-0.25, -0.2) is 9.18 Å². The van der Waals surface area contributed by atoms with Gasteiger partial charge in [-0.05, 0) is 73.5 Å². The molecule has 1 aliphatic rings. The van der Waals surface area contributed by atoms with Gasteiger partial charge in [-0.15, -0.1) is 11.8 Å². The molecule has 0 aliphatic heterocycles. The van der Waals surface area contributed by atoms with Gasteiger partial charge < -0.3 is 16.0 Å². The zero-order chi connectivity index (χ0) is 20.5. The number of carbonyl (C=O) groups excluding carboxylic acids is 2. The van der Waals surface area contributed by atoms with Crippen LogP contribution < -0.4 is 16.0 Å². The van der Waals surface area contributed by atoms with Crippen LogP contribution in [-0.2, 0) is 0 Å². The number of hydrogen-bond acceptors (Lipinski definition) is 3. The van der Waals surface area contributed by atoms with Gasteiger partial charge in [-0.1, -0.05) is 12.8 Å². The molecule has 1 aliphatic carbocycles. The first kappa shape index (κ1) is 21.2. The maximum atomic E-state index is 12.9. The van der Waals surface area contributed by atoms with Crippen LogP contribution in [0.3, 0.4) is 0 Å². The van der Waals surface area contributed by atoms with E-state index in [-0.39, 0.29) is 23.8 Å². The zero-order valence-electron chi connectivity index (χ0n) is 16.2. The Kier molecular flexibility index (Phi) is 7.93. The summed E-state index contributed by atoms with van der Waals surface area (Å²) in [5, 5.41) is 8.63. The number of carbonyl (C=O) groups is 2. The van der Waals surface area contributed by atoms with Crippen molar-refractivity contribution in [3.8, 4) is 0 Å². The molecule has 7 heteroatoms. The summed E-state index contributed by atoms with van der Waals surface area (Å²) >= 11 is 1.62. The van der Waals surface area contributed by atoms with Crippen molar-refractivity contribution in [3.05, 3.63) is 59.9 Å². The summed E-state index contributed by atoms with van der Waals surface area (Å²) in [6, 6.07) is 13.3. The number of halogens is 1. The van der Waals surface area contributed by atoms with Crippen LogP contribution >= 0.6 is 11.8 Å². The molecule has 3 amide bonds. The highest BCUT2D eigenvalue weighted by Crippen LogP contribution is 2.19. The number of urea groups is 1. The minimum atomic E-state index is -0.278.